The van der Waals surface area contributed by atoms with Crippen LogP contribution in [-0.2, 0) is 6.42 Å². The highest BCUT2D eigenvalue weighted by Crippen LogP contribution is 2.34. The molecule has 0 saturated carbocycles. The molecule has 1 aromatic heterocycles. The minimum Gasteiger partial charge on any atom is -0.494 e. The minimum atomic E-state index is -0.749. The Morgan fingerprint density at radius 1 is 1.52 bits per heavy atom. The molecule has 0 fully saturated rings. The highest BCUT2D eigenvalue weighted by atomic mass is 32.1. The summed E-state index contributed by atoms with van der Waals surface area (Å²) in [5.74, 6) is -0.766. The van der Waals surface area contributed by atoms with E-state index in [1.54, 1.807) is 18.1 Å². The van der Waals surface area contributed by atoms with Crippen LogP contribution in [0.5, 0.6) is 5.75 Å². The van der Waals surface area contributed by atoms with Gasteiger partial charge in [0.25, 0.3) is 5.69 Å². The summed E-state index contributed by atoms with van der Waals surface area (Å²) < 4.78 is 18.5. The number of rotatable bonds is 6. The third-order valence-electron chi connectivity index (χ3n) is 3.00. The molecule has 0 unspecified atom stereocenters. The number of hydrogen-bond donors (Lipinski definition) is 0. The largest absolute Gasteiger partial charge is 0.494 e. The molecule has 0 N–H and O–H groups in total. The van der Waals surface area contributed by atoms with Crippen LogP contribution in [0.15, 0.2) is 23.7 Å². The number of hydrogen-bond acceptors (Lipinski definition) is 6. The molecule has 6 nitrogen and oxygen atoms in total. The van der Waals surface area contributed by atoms with Crippen LogP contribution < -0.4 is 9.64 Å². The topological polar surface area (TPSA) is 68.5 Å². The van der Waals surface area contributed by atoms with Gasteiger partial charge in [0.2, 0.25) is 0 Å². The van der Waals surface area contributed by atoms with Crippen LogP contribution in [0.25, 0.3) is 0 Å². The lowest BCUT2D eigenvalue weighted by molar-refractivity contribution is -0.384. The van der Waals surface area contributed by atoms with Crippen LogP contribution in [-0.4, -0.2) is 30.6 Å². The lowest BCUT2D eigenvalue weighted by atomic mass is 10.2. The van der Waals surface area contributed by atoms with Crippen LogP contribution in [0.4, 0.5) is 15.8 Å². The smallest absolute Gasteiger partial charge is 0.295 e. The SMILES string of the molecule is COc1cc(N(C)CCc2nccs2)c([N+](=O)[O-])cc1F. The van der Waals surface area contributed by atoms with Gasteiger partial charge in [0.15, 0.2) is 11.6 Å². The van der Waals surface area contributed by atoms with Crippen molar-refractivity contribution in [3.63, 3.8) is 0 Å². The molecule has 21 heavy (non-hydrogen) atoms. The predicted molar refractivity (Wildman–Crippen MR) is 78.7 cm³/mol. The molecule has 0 atom stereocenters. The van der Waals surface area contributed by atoms with Crippen LogP contribution in [0, 0.1) is 15.9 Å². The summed E-state index contributed by atoms with van der Waals surface area (Å²) in [5.41, 5.74) is 0.0322. The summed E-state index contributed by atoms with van der Waals surface area (Å²) in [5, 5.41) is 13.9. The number of aromatic nitrogens is 1. The molecular weight excluding hydrogens is 297 g/mol. The Labute approximate surface area is 125 Å². The number of anilines is 1. The lowest BCUT2D eigenvalue weighted by Gasteiger charge is -2.19. The second-order valence-electron chi connectivity index (χ2n) is 4.33. The first-order valence-corrected chi connectivity index (χ1v) is 7.02. The van der Waals surface area contributed by atoms with Crippen molar-refractivity contribution in [3.05, 3.63) is 44.6 Å². The lowest BCUT2D eigenvalue weighted by Crippen LogP contribution is -2.21. The molecule has 0 aliphatic rings. The maximum atomic E-state index is 13.6. The Balaban J connectivity index is 2.25. The Hall–Kier alpha value is -2.22. The molecular formula is C13H14FN3O3S. The summed E-state index contributed by atoms with van der Waals surface area (Å²) in [4.78, 5) is 16.3. The van der Waals surface area contributed by atoms with E-state index in [4.69, 9.17) is 4.74 Å². The molecule has 1 heterocycles. The Morgan fingerprint density at radius 2 is 2.29 bits per heavy atom. The fourth-order valence-electron chi connectivity index (χ4n) is 1.90. The van der Waals surface area contributed by atoms with E-state index < -0.39 is 10.7 Å². The number of nitro benzene ring substituents is 1. The molecule has 0 spiro atoms. The number of halogens is 1. The summed E-state index contributed by atoms with van der Waals surface area (Å²) >= 11 is 1.52. The Morgan fingerprint density at radius 3 is 2.86 bits per heavy atom. The summed E-state index contributed by atoms with van der Waals surface area (Å²) in [6, 6.07) is 2.23. The maximum Gasteiger partial charge on any atom is 0.295 e. The van der Waals surface area contributed by atoms with Gasteiger partial charge in [-0.05, 0) is 0 Å². The van der Waals surface area contributed by atoms with Gasteiger partial charge in [-0.2, -0.15) is 0 Å². The van der Waals surface area contributed by atoms with Gasteiger partial charge in [-0.25, -0.2) is 9.37 Å². The zero-order chi connectivity index (χ0) is 15.4. The van der Waals surface area contributed by atoms with Gasteiger partial charge in [0.1, 0.15) is 5.69 Å². The molecule has 1 aromatic carbocycles. The van der Waals surface area contributed by atoms with Crippen molar-refractivity contribution in [1.82, 2.24) is 4.98 Å². The average molecular weight is 311 g/mol. The number of benzene rings is 1. The molecule has 0 radical (unpaired) electrons. The molecule has 0 aliphatic carbocycles. The molecule has 0 aliphatic heterocycles. The zero-order valence-electron chi connectivity index (χ0n) is 11.6. The highest BCUT2D eigenvalue weighted by molar-refractivity contribution is 7.09. The van der Waals surface area contributed by atoms with Crippen molar-refractivity contribution in [2.24, 2.45) is 0 Å². The van der Waals surface area contributed by atoms with Gasteiger partial charge in [0, 0.05) is 37.7 Å². The first-order valence-electron chi connectivity index (χ1n) is 6.14. The standard InChI is InChI=1S/C13H14FN3O3S/c1-16(5-3-13-15-4-6-21-13)10-8-12(20-2)9(14)7-11(10)17(18)19/h4,6-8H,3,5H2,1-2H3. The molecule has 2 rings (SSSR count). The van der Waals surface area contributed by atoms with Crippen molar-refractivity contribution < 1.29 is 14.1 Å². The van der Waals surface area contributed by atoms with Gasteiger partial charge in [-0.15, -0.1) is 11.3 Å². The van der Waals surface area contributed by atoms with Crippen LogP contribution in [0.2, 0.25) is 0 Å². The summed E-state index contributed by atoms with van der Waals surface area (Å²) in [7, 11) is 3.04. The molecule has 0 amide bonds. The van der Waals surface area contributed by atoms with E-state index in [0.717, 1.165) is 11.1 Å². The van der Waals surface area contributed by atoms with Gasteiger partial charge < -0.3 is 9.64 Å². The number of nitro groups is 1. The number of likely N-dealkylation sites (N-methyl/N-ethyl adjacent to an activating group) is 1. The van der Waals surface area contributed by atoms with E-state index in [2.05, 4.69) is 4.98 Å². The predicted octanol–water partition coefficient (Wildman–Crippen LogP) is 2.88. The molecule has 8 heteroatoms. The maximum absolute atomic E-state index is 13.6. The molecule has 112 valence electrons. The van der Waals surface area contributed by atoms with Crippen molar-refractivity contribution in [3.8, 4) is 5.75 Å². The van der Waals surface area contributed by atoms with Crippen LogP contribution in [0.3, 0.4) is 0 Å². The van der Waals surface area contributed by atoms with Crippen molar-refractivity contribution in [1.29, 1.82) is 0 Å². The number of methoxy groups -OCH3 is 1. The zero-order valence-corrected chi connectivity index (χ0v) is 12.4. The highest BCUT2D eigenvalue weighted by Gasteiger charge is 2.21. The quantitative estimate of drug-likeness (QED) is 0.606. The van der Waals surface area contributed by atoms with E-state index in [1.807, 2.05) is 5.38 Å². The Kier molecular flexibility index (Phi) is 4.69. The van der Waals surface area contributed by atoms with Crippen LogP contribution in [0.1, 0.15) is 5.01 Å². The van der Waals surface area contributed by atoms with Gasteiger partial charge in [0.05, 0.1) is 23.1 Å². The first kappa shape index (κ1) is 15.2. The van der Waals surface area contributed by atoms with Crippen molar-refractivity contribution in [2.45, 2.75) is 6.42 Å². The number of nitrogens with zero attached hydrogens (tertiary/aromatic N) is 3. The van der Waals surface area contributed by atoms with Crippen LogP contribution >= 0.6 is 11.3 Å². The third kappa shape index (κ3) is 3.46. The number of ether oxygens (including phenoxy) is 1. The van der Waals surface area contributed by atoms with Gasteiger partial charge in [-0.1, -0.05) is 0 Å². The fraction of sp³-hybridized carbons (Fsp3) is 0.308. The van der Waals surface area contributed by atoms with E-state index >= 15 is 0 Å². The normalized spacial score (nSPS) is 10.4. The van der Waals surface area contributed by atoms with E-state index in [1.165, 1.54) is 24.5 Å². The fourth-order valence-corrected chi connectivity index (χ4v) is 2.51. The minimum absolute atomic E-state index is 0.0169. The van der Waals surface area contributed by atoms with E-state index in [-0.39, 0.29) is 11.4 Å². The third-order valence-corrected chi connectivity index (χ3v) is 3.84. The summed E-state index contributed by atoms with van der Waals surface area (Å²) in [6.45, 7) is 0.531. The summed E-state index contributed by atoms with van der Waals surface area (Å²) in [6.07, 6.45) is 2.37. The van der Waals surface area contributed by atoms with Crippen molar-refractivity contribution in [2.75, 3.05) is 25.6 Å². The van der Waals surface area contributed by atoms with E-state index in [9.17, 15) is 14.5 Å². The van der Waals surface area contributed by atoms with Gasteiger partial charge >= 0.3 is 0 Å². The van der Waals surface area contributed by atoms with Gasteiger partial charge in [-0.3, -0.25) is 10.1 Å². The second-order valence-corrected chi connectivity index (χ2v) is 5.31. The Bertz CT molecular complexity index is 634. The average Bonchev–Trinajstić information content (AvgIpc) is 2.97. The second kappa shape index (κ2) is 6.49. The van der Waals surface area contributed by atoms with Crippen molar-refractivity contribution >= 4 is 22.7 Å². The van der Waals surface area contributed by atoms with E-state index in [0.29, 0.717) is 18.7 Å². The molecule has 2 aromatic rings. The number of thiazole rings is 1. The molecule has 0 bridgehead atoms. The first-order chi connectivity index (χ1) is 10.0. The molecule has 0 saturated heterocycles. The monoisotopic (exact) mass is 311 g/mol.